The molecule has 1 fully saturated rings. The van der Waals surface area contributed by atoms with E-state index >= 15 is 0 Å². The van der Waals surface area contributed by atoms with Gasteiger partial charge in [-0.25, -0.2) is 0 Å². The molecule has 1 aliphatic rings. The second-order valence-electron chi connectivity index (χ2n) is 7.72. The average Bonchev–Trinajstić information content (AvgIpc) is 3.45. The number of amides is 1. The number of hydrogen-bond donors (Lipinski definition) is 1. The lowest BCUT2D eigenvalue weighted by Gasteiger charge is -2.26. The van der Waals surface area contributed by atoms with Crippen molar-refractivity contribution in [2.75, 3.05) is 5.32 Å². The number of aromatic nitrogens is 3. The van der Waals surface area contributed by atoms with Gasteiger partial charge in [-0.2, -0.15) is 5.26 Å². The topological polar surface area (TPSA) is 83.6 Å². The Labute approximate surface area is 190 Å². The molecule has 6 nitrogen and oxygen atoms in total. The summed E-state index contributed by atoms with van der Waals surface area (Å²) in [6.07, 6.45) is 6.72. The highest BCUT2D eigenvalue weighted by Crippen LogP contribution is 2.35. The van der Waals surface area contributed by atoms with E-state index in [2.05, 4.69) is 43.7 Å². The van der Waals surface area contributed by atoms with Gasteiger partial charge in [0.15, 0.2) is 5.16 Å². The van der Waals surface area contributed by atoms with Crippen LogP contribution >= 0.6 is 23.1 Å². The number of nitrogens with zero attached hydrogens (tertiary/aromatic N) is 4. The van der Waals surface area contributed by atoms with Gasteiger partial charge in [-0.05, 0) is 43.3 Å². The largest absolute Gasteiger partial charge is 0.324 e. The summed E-state index contributed by atoms with van der Waals surface area (Å²) in [5.41, 5.74) is 0.992. The third-order valence-corrected chi connectivity index (χ3v) is 7.48. The smallest absolute Gasteiger partial charge is 0.237 e. The Hall–Kier alpha value is -2.63. The monoisotopic (exact) mass is 451 g/mol. The molecule has 2 aromatic heterocycles. The lowest BCUT2D eigenvalue weighted by Crippen LogP contribution is -2.24. The third-order valence-electron chi connectivity index (χ3n) is 5.54. The zero-order chi connectivity index (χ0) is 21.6. The van der Waals surface area contributed by atoms with Crippen LogP contribution in [0, 0.1) is 11.3 Å². The number of benzene rings is 1. The highest BCUT2D eigenvalue weighted by Gasteiger charge is 2.26. The van der Waals surface area contributed by atoms with Crippen molar-refractivity contribution in [3.63, 3.8) is 0 Å². The van der Waals surface area contributed by atoms with Crippen LogP contribution in [0.2, 0.25) is 0 Å². The van der Waals surface area contributed by atoms with Gasteiger partial charge in [0, 0.05) is 17.3 Å². The number of thioether (sulfide) groups is 1. The number of nitrogens with one attached hydrogen (secondary N) is 1. The zero-order valence-electron chi connectivity index (χ0n) is 17.5. The molecule has 1 aliphatic carbocycles. The molecule has 4 rings (SSSR count). The number of hydrogen-bond acceptors (Lipinski definition) is 6. The Bertz CT molecular complexity index is 1060. The van der Waals surface area contributed by atoms with Crippen LogP contribution in [0.15, 0.2) is 46.9 Å². The first-order valence-corrected chi connectivity index (χ1v) is 12.3. The number of thiophene rings is 1. The van der Waals surface area contributed by atoms with Crippen molar-refractivity contribution >= 4 is 34.7 Å². The van der Waals surface area contributed by atoms with E-state index in [1.807, 2.05) is 13.0 Å². The normalized spacial score (nSPS) is 15.4. The highest BCUT2D eigenvalue weighted by molar-refractivity contribution is 8.00. The molecule has 3 aromatic rings. The Morgan fingerprint density at radius 1 is 1.26 bits per heavy atom. The molecule has 2 heterocycles. The van der Waals surface area contributed by atoms with Gasteiger partial charge in [0.1, 0.15) is 11.9 Å². The summed E-state index contributed by atoms with van der Waals surface area (Å²) in [6, 6.07) is 13.7. The predicted octanol–water partition coefficient (Wildman–Crippen LogP) is 5.43. The van der Waals surface area contributed by atoms with E-state index in [1.54, 1.807) is 29.5 Å². The molecule has 1 aromatic carbocycles. The molecule has 160 valence electrons. The molecule has 1 saturated carbocycles. The first-order valence-electron chi connectivity index (χ1n) is 10.6. The van der Waals surface area contributed by atoms with E-state index in [-0.39, 0.29) is 11.2 Å². The molecule has 0 radical (unpaired) electrons. The molecule has 1 N–H and O–H groups in total. The third kappa shape index (κ3) is 5.17. The molecule has 0 aliphatic heterocycles. The van der Waals surface area contributed by atoms with Gasteiger partial charge >= 0.3 is 0 Å². The van der Waals surface area contributed by atoms with Gasteiger partial charge in [-0.1, -0.05) is 49.2 Å². The van der Waals surface area contributed by atoms with Crippen LogP contribution < -0.4 is 5.32 Å². The quantitative estimate of drug-likeness (QED) is 0.485. The van der Waals surface area contributed by atoms with Crippen LogP contribution in [0.1, 0.15) is 61.3 Å². The van der Waals surface area contributed by atoms with Crippen molar-refractivity contribution in [2.45, 2.75) is 61.9 Å². The SMILES string of the molecule is CC(Sc1nnc(Cc2cccs2)n1C1CCCCC1)C(=O)Nc1ccccc1C#N. The first kappa shape index (κ1) is 21.6. The minimum Gasteiger partial charge on any atom is -0.324 e. The molecule has 1 amide bonds. The number of carbonyl (C=O) groups is 1. The van der Waals surface area contributed by atoms with Crippen LogP contribution in [0.3, 0.4) is 0 Å². The summed E-state index contributed by atoms with van der Waals surface area (Å²) in [7, 11) is 0. The predicted molar refractivity (Wildman–Crippen MR) is 124 cm³/mol. The fraction of sp³-hybridized carbons (Fsp3) is 0.391. The number of anilines is 1. The average molecular weight is 452 g/mol. The standard InChI is InChI=1S/C23H25N5OS2/c1-16(22(29)25-20-12-6-5-8-17(20)15-24)31-23-27-26-21(14-19-11-7-13-30-19)28(23)18-9-3-2-4-10-18/h5-8,11-13,16,18H,2-4,9-10,14H2,1H3,(H,25,29). The number of rotatable bonds is 7. The van der Waals surface area contributed by atoms with Gasteiger partial charge in [0.25, 0.3) is 0 Å². The second kappa shape index (κ2) is 10.1. The van der Waals surface area contributed by atoms with Crippen molar-refractivity contribution in [3.8, 4) is 6.07 Å². The maximum atomic E-state index is 12.8. The molecule has 0 saturated heterocycles. The van der Waals surface area contributed by atoms with E-state index in [9.17, 15) is 10.1 Å². The van der Waals surface area contributed by atoms with Crippen LogP contribution in [-0.2, 0) is 11.2 Å². The molecule has 1 atom stereocenters. The van der Waals surface area contributed by atoms with Crippen LogP contribution in [0.4, 0.5) is 5.69 Å². The lowest BCUT2D eigenvalue weighted by atomic mass is 9.95. The number of para-hydroxylation sites is 1. The summed E-state index contributed by atoms with van der Waals surface area (Å²) >= 11 is 3.16. The van der Waals surface area contributed by atoms with E-state index in [1.165, 1.54) is 35.9 Å². The van der Waals surface area contributed by atoms with Crippen LogP contribution in [-0.4, -0.2) is 25.9 Å². The van der Waals surface area contributed by atoms with Crippen molar-refractivity contribution in [3.05, 3.63) is 58.0 Å². The molecular formula is C23H25N5OS2. The van der Waals surface area contributed by atoms with Crippen LogP contribution in [0.5, 0.6) is 0 Å². The summed E-state index contributed by atoms with van der Waals surface area (Å²) in [5, 5.41) is 23.7. The highest BCUT2D eigenvalue weighted by atomic mass is 32.2. The molecule has 8 heteroatoms. The minimum atomic E-state index is -0.368. The maximum Gasteiger partial charge on any atom is 0.237 e. The Kier molecular flexibility index (Phi) is 7.05. The van der Waals surface area contributed by atoms with Crippen molar-refractivity contribution in [2.24, 2.45) is 0 Å². The minimum absolute atomic E-state index is 0.147. The van der Waals surface area contributed by atoms with E-state index in [0.29, 0.717) is 17.3 Å². The maximum absolute atomic E-state index is 12.8. The van der Waals surface area contributed by atoms with E-state index in [4.69, 9.17) is 0 Å². The Balaban J connectivity index is 1.53. The van der Waals surface area contributed by atoms with Crippen LogP contribution in [0.25, 0.3) is 0 Å². The number of nitriles is 1. The zero-order valence-corrected chi connectivity index (χ0v) is 19.1. The van der Waals surface area contributed by atoms with Gasteiger partial charge in [0.2, 0.25) is 5.91 Å². The Morgan fingerprint density at radius 3 is 2.81 bits per heavy atom. The van der Waals surface area contributed by atoms with Gasteiger partial charge in [-0.3, -0.25) is 4.79 Å². The summed E-state index contributed by atoms with van der Waals surface area (Å²) in [6.45, 7) is 1.87. The fourth-order valence-electron chi connectivity index (χ4n) is 3.92. The Morgan fingerprint density at radius 2 is 2.06 bits per heavy atom. The van der Waals surface area contributed by atoms with E-state index in [0.717, 1.165) is 30.2 Å². The molecular weight excluding hydrogens is 426 g/mol. The van der Waals surface area contributed by atoms with Crippen molar-refractivity contribution in [1.82, 2.24) is 14.8 Å². The first-order chi connectivity index (χ1) is 15.2. The lowest BCUT2D eigenvalue weighted by molar-refractivity contribution is -0.115. The van der Waals surface area contributed by atoms with Gasteiger partial charge < -0.3 is 9.88 Å². The molecule has 1 unspecified atom stereocenters. The van der Waals surface area contributed by atoms with Crippen molar-refractivity contribution in [1.29, 1.82) is 5.26 Å². The second-order valence-corrected chi connectivity index (χ2v) is 10.1. The van der Waals surface area contributed by atoms with Crippen molar-refractivity contribution < 1.29 is 4.79 Å². The molecule has 0 spiro atoms. The van der Waals surface area contributed by atoms with Gasteiger partial charge in [-0.15, -0.1) is 21.5 Å². The molecule has 31 heavy (non-hydrogen) atoms. The number of carbonyl (C=O) groups excluding carboxylic acids is 1. The summed E-state index contributed by atoms with van der Waals surface area (Å²) < 4.78 is 2.27. The van der Waals surface area contributed by atoms with Gasteiger partial charge in [0.05, 0.1) is 16.5 Å². The fourth-order valence-corrected chi connectivity index (χ4v) is 5.56. The summed E-state index contributed by atoms with van der Waals surface area (Å²) in [4.78, 5) is 14.1. The summed E-state index contributed by atoms with van der Waals surface area (Å²) in [5.74, 6) is 0.824. The molecule has 0 bridgehead atoms. The van der Waals surface area contributed by atoms with E-state index < -0.39 is 0 Å².